The van der Waals surface area contributed by atoms with E-state index in [1.165, 1.54) is 22.7 Å². The van der Waals surface area contributed by atoms with Crippen LogP contribution in [0.2, 0.25) is 0 Å². The molecule has 0 bridgehead atoms. The summed E-state index contributed by atoms with van der Waals surface area (Å²) in [6.07, 6.45) is 2.54. The van der Waals surface area contributed by atoms with Gasteiger partial charge in [0.2, 0.25) is 0 Å². The Balaban J connectivity index is 2.13. The van der Waals surface area contributed by atoms with Crippen molar-refractivity contribution in [2.75, 3.05) is 5.73 Å². The minimum atomic E-state index is -0.135. The Kier molecular flexibility index (Phi) is 3.93. The normalized spacial score (nSPS) is 12.3. The van der Waals surface area contributed by atoms with Crippen LogP contribution in [0.25, 0.3) is 0 Å². The molecule has 0 aliphatic carbocycles. The average molecular weight is 282 g/mol. The van der Waals surface area contributed by atoms with E-state index in [9.17, 15) is 4.79 Å². The molecule has 2 rings (SSSR count). The van der Waals surface area contributed by atoms with Crippen LogP contribution in [-0.2, 0) is 0 Å². The van der Waals surface area contributed by atoms with Gasteiger partial charge in [0, 0.05) is 11.6 Å². The zero-order valence-corrected chi connectivity index (χ0v) is 11.8. The second-order valence-corrected chi connectivity index (χ2v) is 5.73. The molecule has 2 aromatic heterocycles. The van der Waals surface area contributed by atoms with Gasteiger partial charge in [-0.2, -0.15) is 0 Å². The Morgan fingerprint density at radius 1 is 1.61 bits per heavy atom. The van der Waals surface area contributed by atoms with Crippen LogP contribution in [0.5, 0.6) is 0 Å². The predicted octanol–water partition coefficient (Wildman–Crippen LogP) is 2.37. The molecule has 0 fully saturated rings. The largest absolute Gasteiger partial charge is 0.375 e. The maximum Gasteiger partial charge on any atom is 0.263 e. The maximum atomic E-state index is 12.1. The van der Waals surface area contributed by atoms with Gasteiger partial charge >= 0.3 is 0 Å². The number of nitrogen functional groups attached to an aromatic ring is 1. The topological polar surface area (TPSA) is 80.9 Å². The molecule has 1 unspecified atom stereocenters. The number of amides is 1. The standard InChI is InChI=1S/C11H14N4OS2/c1-3-7(10-13-4-5-17-10)15-9(16)8-6(2)14-11(12)18-8/h4-5,7H,3H2,1-2H3,(H2,12,14)(H,15,16). The molecular weight excluding hydrogens is 268 g/mol. The Morgan fingerprint density at radius 2 is 2.39 bits per heavy atom. The minimum Gasteiger partial charge on any atom is -0.375 e. The van der Waals surface area contributed by atoms with Crippen LogP contribution in [-0.4, -0.2) is 15.9 Å². The van der Waals surface area contributed by atoms with Crippen LogP contribution < -0.4 is 11.1 Å². The van der Waals surface area contributed by atoms with Gasteiger partial charge in [0.1, 0.15) is 9.88 Å². The number of thiazole rings is 2. The first kappa shape index (κ1) is 13.0. The first-order chi connectivity index (χ1) is 8.61. The molecule has 2 aromatic rings. The lowest BCUT2D eigenvalue weighted by molar-refractivity contribution is 0.0939. The molecule has 2 heterocycles. The van der Waals surface area contributed by atoms with Gasteiger partial charge in [-0.3, -0.25) is 4.79 Å². The number of nitrogens with one attached hydrogen (secondary N) is 1. The van der Waals surface area contributed by atoms with Gasteiger partial charge in [-0.15, -0.1) is 11.3 Å². The Labute approximate surface area is 113 Å². The number of hydrogen-bond acceptors (Lipinski definition) is 6. The number of nitrogens with two attached hydrogens (primary N) is 1. The van der Waals surface area contributed by atoms with Crippen LogP contribution in [0.4, 0.5) is 5.13 Å². The molecule has 0 spiro atoms. The number of hydrogen-bond donors (Lipinski definition) is 2. The van der Waals surface area contributed by atoms with Crippen LogP contribution >= 0.6 is 22.7 Å². The Morgan fingerprint density at radius 3 is 2.89 bits per heavy atom. The number of carbonyl (C=O) groups is 1. The van der Waals surface area contributed by atoms with Gasteiger partial charge < -0.3 is 11.1 Å². The van der Waals surface area contributed by atoms with E-state index in [0.29, 0.717) is 15.7 Å². The molecule has 3 N–H and O–H groups in total. The molecule has 7 heteroatoms. The van der Waals surface area contributed by atoms with Crippen molar-refractivity contribution in [2.24, 2.45) is 0 Å². The van der Waals surface area contributed by atoms with Gasteiger partial charge in [0.05, 0.1) is 11.7 Å². The Bertz CT molecular complexity index is 535. The van der Waals surface area contributed by atoms with Gasteiger partial charge in [-0.25, -0.2) is 9.97 Å². The predicted molar refractivity (Wildman–Crippen MR) is 73.9 cm³/mol. The molecule has 1 amide bonds. The van der Waals surface area contributed by atoms with Gasteiger partial charge in [-0.05, 0) is 13.3 Å². The molecule has 0 aromatic carbocycles. The van der Waals surface area contributed by atoms with Crippen LogP contribution in [0.15, 0.2) is 11.6 Å². The Hall–Kier alpha value is -1.47. The molecule has 0 saturated heterocycles. The molecule has 5 nitrogen and oxygen atoms in total. The summed E-state index contributed by atoms with van der Waals surface area (Å²) in [6, 6.07) is -0.0553. The van der Waals surface area contributed by atoms with E-state index in [1.54, 1.807) is 13.1 Å². The van der Waals surface area contributed by atoms with Crippen molar-refractivity contribution in [1.29, 1.82) is 0 Å². The third-order valence-electron chi connectivity index (χ3n) is 2.48. The van der Waals surface area contributed by atoms with Crippen molar-refractivity contribution >= 4 is 33.7 Å². The first-order valence-corrected chi connectivity index (χ1v) is 7.24. The van der Waals surface area contributed by atoms with E-state index < -0.39 is 0 Å². The van der Waals surface area contributed by atoms with E-state index in [2.05, 4.69) is 15.3 Å². The quantitative estimate of drug-likeness (QED) is 0.902. The van der Waals surface area contributed by atoms with Crippen molar-refractivity contribution in [3.63, 3.8) is 0 Å². The highest BCUT2D eigenvalue weighted by Crippen LogP contribution is 2.23. The number of aromatic nitrogens is 2. The smallest absolute Gasteiger partial charge is 0.263 e. The maximum absolute atomic E-state index is 12.1. The summed E-state index contributed by atoms with van der Waals surface area (Å²) < 4.78 is 0. The summed E-state index contributed by atoms with van der Waals surface area (Å²) in [5.41, 5.74) is 6.26. The fraction of sp³-hybridized carbons (Fsp3) is 0.364. The summed E-state index contributed by atoms with van der Waals surface area (Å²) in [4.78, 5) is 21.0. The summed E-state index contributed by atoms with van der Waals surface area (Å²) in [5.74, 6) is -0.135. The van der Waals surface area contributed by atoms with Gasteiger partial charge in [-0.1, -0.05) is 18.3 Å². The van der Waals surface area contributed by atoms with Crippen LogP contribution in [0, 0.1) is 6.92 Å². The highest BCUT2D eigenvalue weighted by Gasteiger charge is 2.19. The lowest BCUT2D eigenvalue weighted by Gasteiger charge is -2.13. The molecule has 18 heavy (non-hydrogen) atoms. The zero-order valence-electron chi connectivity index (χ0n) is 10.1. The molecular formula is C11H14N4OS2. The number of nitrogens with zero attached hydrogens (tertiary/aromatic N) is 2. The van der Waals surface area contributed by atoms with Crippen LogP contribution in [0.3, 0.4) is 0 Å². The summed E-state index contributed by atoms with van der Waals surface area (Å²) in [7, 11) is 0. The lowest BCUT2D eigenvalue weighted by Crippen LogP contribution is -2.27. The summed E-state index contributed by atoms with van der Waals surface area (Å²) in [5, 5.41) is 6.20. The van der Waals surface area contributed by atoms with Crippen molar-refractivity contribution < 1.29 is 4.79 Å². The van der Waals surface area contributed by atoms with E-state index >= 15 is 0 Å². The zero-order chi connectivity index (χ0) is 13.1. The second kappa shape index (κ2) is 5.45. The molecule has 1 atom stereocenters. The summed E-state index contributed by atoms with van der Waals surface area (Å²) in [6.45, 7) is 3.80. The first-order valence-electron chi connectivity index (χ1n) is 5.55. The molecule has 0 aliphatic heterocycles. The molecule has 0 saturated carbocycles. The second-order valence-electron chi connectivity index (χ2n) is 3.77. The lowest BCUT2D eigenvalue weighted by atomic mass is 10.2. The van der Waals surface area contributed by atoms with E-state index in [-0.39, 0.29) is 11.9 Å². The highest BCUT2D eigenvalue weighted by molar-refractivity contribution is 7.17. The fourth-order valence-electron chi connectivity index (χ4n) is 1.60. The van der Waals surface area contributed by atoms with Crippen molar-refractivity contribution in [1.82, 2.24) is 15.3 Å². The fourth-order valence-corrected chi connectivity index (χ4v) is 3.11. The SMILES string of the molecule is CCC(NC(=O)c1sc(N)nc1C)c1nccs1. The number of aryl methyl sites for hydroxylation is 1. The number of carbonyl (C=O) groups excluding carboxylic acids is 1. The average Bonchev–Trinajstić information content (AvgIpc) is 2.95. The summed E-state index contributed by atoms with van der Waals surface area (Å²) >= 11 is 2.75. The molecule has 0 radical (unpaired) electrons. The van der Waals surface area contributed by atoms with E-state index in [1.807, 2.05) is 12.3 Å². The highest BCUT2D eigenvalue weighted by atomic mass is 32.1. The molecule has 96 valence electrons. The van der Waals surface area contributed by atoms with Crippen molar-refractivity contribution in [3.05, 3.63) is 27.2 Å². The van der Waals surface area contributed by atoms with Crippen LogP contribution in [0.1, 0.15) is 39.8 Å². The monoisotopic (exact) mass is 282 g/mol. The minimum absolute atomic E-state index is 0.0553. The van der Waals surface area contributed by atoms with E-state index in [4.69, 9.17) is 5.73 Å². The van der Waals surface area contributed by atoms with Gasteiger partial charge in [0.25, 0.3) is 5.91 Å². The molecule has 0 aliphatic rings. The number of anilines is 1. The van der Waals surface area contributed by atoms with Crippen molar-refractivity contribution in [3.8, 4) is 0 Å². The third-order valence-corrected chi connectivity index (χ3v) is 4.36. The number of rotatable bonds is 4. The third kappa shape index (κ3) is 2.68. The van der Waals surface area contributed by atoms with E-state index in [0.717, 1.165) is 11.4 Å². The van der Waals surface area contributed by atoms with Crippen molar-refractivity contribution in [2.45, 2.75) is 26.3 Å². The van der Waals surface area contributed by atoms with Gasteiger partial charge in [0.15, 0.2) is 5.13 Å².